The van der Waals surface area contributed by atoms with Gasteiger partial charge in [-0.1, -0.05) is 6.07 Å². The van der Waals surface area contributed by atoms with Gasteiger partial charge in [-0.3, -0.25) is 4.79 Å². The van der Waals surface area contributed by atoms with Crippen LogP contribution in [-0.4, -0.2) is 73.0 Å². The van der Waals surface area contributed by atoms with Crippen LogP contribution in [0.3, 0.4) is 0 Å². The Hall–Kier alpha value is -2.56. The number of piperazine rings is 1. The van der Waals surface area contributed by atoms with E-state index >= 15 is 0 Å². The standard InChI is InChI=1S/C18H13F15N2O/c19-11(20)13(21,22)16(28,29)18(32,33)17(30,31)14(23,24)12(36)35-6-4-34(5-7-35)10-3-1-2-9(8-10)15(25,26)27/h1-3,8,11H,4-7H2. The number of halogens is 15. The highest BCUT2D eigenvalue weighted by Gasteiger charge is 2.89. The molecule has 1 heterocycles. The Kier molecular flexibility index (Phi) is 7.48. The lowest BCUT2D eigenvalue weighted by Crippen LogP contribution is -2.71. The SMILES string of the molecule is O=C(N1CCN(c2cccc(C(F)(F)F)c2)CC1)C(F)(F)C(F)(F)C(F)(F)C(F)(F)C(F)(F)C(F)F. The molecule has 1 saturated heterocycles. The van der Waals surface area contributed by atoms with Crippen molar-refractivity contribution in [1.82, 2.24) is 4.90 Å². The summed E-state index contributed by atoms with van der Waals surface area (Å²) in [6.45, 7) is -3.28. The van der Waals surface area contributed by atoms with Crippen molar-refractivity contribution in [2.45, 2.75) is 42.2 Å². The minimum Gasteiger partial charge on any atom is -0.368 e. The van der Waals surface area contributed by atoms with Crippen LogP contribution >= 0.6 is 0 Å². The molecule has 1 aliphatic heterocycles. The van der Waals surface area contributed by atoms with E-state index < -0.39 is 79.9 Å². The monoisotopic (exact) mass is 558 g/mol. The lowest BCUT2D eigenvalue weighted by Gasteiger charge is -2.41. The summed E-state index contributed by atoms with van der Waals surface area (Å²) in [5, 5.41) is 0. The second-order valence-corrected chi connectivity index (χ2v) is 7.55. The number of carbonyl (C=O) groups is 1. The van der Waals surface area contributed by atoms with Crippen molar-refractivity contribution in [1.29, 1.82) is 0 Å². The summed E-state index contributed by atoms with van der Waals surface area (Å²) < 4.78 is 198. The smallest absolute Gasteiger partial charge is 0.368 e. The third-order valence-electron chi connectivity index (χ3n) is 5.25. The molecule has 1 aromatic rings. The largest absolute Gasteiger partial charge is 0.416 e. The normalized spacial score (nSPS) is 17.1. The Balaban J connectivity index is 2.25. The summed E-state index contributed by atoms with van der Waals surface area (Å²) in [4.78, 5) is 12.7. The Morgan fingerprint density at radius 1 is 0.722 bits per heavy atom. The van der Waals surface area contributed by atoms with E-state index in [-0.39, 0.29) is 10.6 Å². The summed E-state index contributed by atoms with van der Waals surface area (Å²) >= 11 is 0. The zero-order chi connectivity index (χ0) is 28.1. The van der Waals surface area contributed by atoms with Crippen molar-refractivity contribution in [3.05, 3.63) is 29.8 Å². The molecule has 206 valence electrons. The third-order valence-corrected chi connectivity index (χ3v) is 5.25. The van der Waals surface area contributed by atoms with Crippen LogP contribution in [0.5, 0.6) is 0 Å². The van der Waals surface area contributed by atoms with E-state index in [9.17, 15) is 70.7 Å². The lowest BCUT2D eigenvalue weighted by molar-refractivity contribution is -0.407. The second-order valence-electron chi connectivity index (χ2n) is 7.55. The molecular formula is C18H13F15N2O. The van der Waals surface area contributed by atoms with Gasteiger partial charge in [0.2, 0.25) is 0 Å². The molecule has 1 aliphatic rings. The lowest BCUT2D eigenvalue weighted by atomic mass is 9.93. The topological polar surface area (TPSA) is 23.6 Å². The van der Waals surface area contributed by atoms with E-state index in [2.05, 4.69) is 0 Å². The minimum absolute atomic E-state index is 0.158. The van der Waals surface area contributed by atoms with Crippen LogP contribution in [0.4, 0.5) is 71.5 Å². The summed E-state index contributed by atoms with van der Waals surface area (Å²) in [6.07, 6.45) is -10.4. The molecule has 1 aromatic carbocycles. The molecule has 18 heteroatoms. The van der Waals surface area contributed by atoms with E-state index in [4.69, 9.17) is 0 Å². The maximum atomic E-state index is 14.1. The number of alkyl halides is 15. The molecule has 0 saturated carbocycles. The molecule has 0 aromatic heterocycles. The van der Waals surface area contributed by atoms with Gasteiger partial charge >= 0.3 is 42.2 Å². The molecule has 0 atom stereocenters. The van der Waals surface area contributed by atoms with E-state index in [0.717, 1.165) is 17.0 Å². The number of carbonyl (C=O) groups excluding carboxylic acids is 1. The van der Waals surface area contributed by atoms with Crippen molar-refractivity contribution >= 4 is 11.6 Å². The zero-order valence-electron chi connectivity index (χ0n) is 17.2. The zero-order valence-corrected chi connectivity index (χ0v) is 17.2. The van der Waals surface area contributed by atoms with Crippen LogP contribution in [0, 0.1) is 0 Å². The average Bonchev–Trinajstić information content (AvgIpc) is 2.77. The fourth-order valence-electron chi connectivity index (χ4n) is 3.12. The molecule has 0 radical (unpaired) electrons. The quantitative estimate of drug-likeness (QED) is 0.396. The van der Waals surface area contributed by atoms with Crippen molar-refractivity contribution in [3.8, 4) is 0 Å². The molecule has 36 heavy (non-hydrogen) atoms. The maximum absolute atomic E-state index is 14.1. The summed E-state index contributed by atoms with van der Waals surface area (Å²) in [7, 11) is 0. The summed E-state index contributed by atoms with van der Waals surface area (Å²) in [5.41, 5.74) is -1.29. The van der Waals surface area contributed by atoms with Gasteiger partial charge in [0.25, 0.3) is 5.91 Å². The fourth-order valence-corrected chi connectivity index (χ4v) is 3.12. The number of anilines is 1. The van der Waals surface area contributed by atoms with Crippen LogP contribution in [0.2, 0.25) is 0 Å². The van der Waals surface area contributed by atoms with Crippen molar-refractivity contribution in [3.63, 3.8) is 0 Å². The molecule has 0 spiro atoms. The molecule has 3 nitrogen and oxygen atoms in total. The van der Waals surface area contributed by atoms with Crippen LogP contribution in [0.25, 0.3) is 0 Å². The molecule has 1 amide bonds. The molecular weight excluding hydrogens is 545 g/mol. The first-order valence-electron chi connectivity index (χ1n) is 9.42. The van der Waals surface area contributed by atoms with Gasteiger partial charge in [-0.05, 0) is 18.2 Å². The first-order valence-corrected chi connectivity index (χ1v) is 9.42. The van der Waals surface area contributed by atoms with Gasteiger partial charge < -0.3 is 9.80 Å². The molecule has 1 fully saturated rings. The van der Waals surface area contributed by atoms with E-state index in [1.165, 1.54) is 0 Å². The number of amides is 1. The Labute approximate surface area is 191 Å². The van der Waals surface area contributed by atoms with Crippen LogP contribution in [0.15, 0.2) is 24.3 Å². The molecule has 2 rings (SSSR count). The summed E-state index contributed by atoms with van der Waals surface area (Å²) in [5.74, 6) is -40.3. The first-order chi connectivity index (χ1) is 16.0. The van der Waals surface area contributed by atoms with Crippen LogP contribution in [0.1, 0.15) is 5.56 Å². The predicted molar refractivity (Wildman–Crippen MR) is 91.0 cm³/mol. The summed E-state index contributed by atoms with van der Waals surface area (Å²) in [6, 6.07) is 3.38. The van der Waals surface area contributed by atoms with Gasteiger partial charge in [0.05, 0.1) is 5.56 Å². The minimum atomic E-state index is -7.83. The Morgan fingerprint density at radius 3 is 1.67 bits per heavy atom. The maximum Gasteiger partial charge on any atom is 0.416 e. The molecule has 0 aliphatic carbocycles. The number of hydrogen-bond donors (Lipinski definition) is 0. The second kappa shape index (κ2) is 9.08. The van der Waals surface area contributed by atoms with E-state index in [1.54, 1.807) is 0 Å². The Morgan fingerprint density at radius 2 is 1.22 bits per heavy atom. The molecule has 0 bridgehead atoms. The van der Waals surface area contributed by atoms with Gasteiger partial charge in [0.1, 0.15) is 0 Å². The van der Waals surface area contributed by atoms with Crippen molar-refractivity contribution in [2.75, 3.05) is 31.1 Å². The highest BCUT2D eigenvalue weighted by Crippen LogP contribution is 2.58. The van der Waals surface area contributed by atoms with Crippen LogP contribution in [-0.2, 0) is 11.0 Å². The molecule has 0 unspecified atom stereocenters. The van der Waals surface area contributed by atoms with E-state index in [0.29, 0.717) is 12.1 Å². The number of nitrogens with zero attached hydrogens (tertiary/aromatic N) is 2. The van der Waals surface area contributed by atoms with Crippen LogP contribution < -0.4 is 4.90 Å². The van der Waals surface area contributed by atoms with Crippen molar-refractivity contribution in [2.24, 2.45) is 0 Å². The molecule has 0 N–H and O–H groups in total. The van der Waals surface area contributed by atoms with Gasteiger partial charge in [0, 0.05) is 31.9 Å². The van der Waals surface area contributed by atoms with Gasteiger partial charge in [0.15, 0.2) is 0 Å². The fraction of sp³-hybridized carbons (Fsp3) is 0.611. The van der Waals surface area contributed by atoms with Gasteiger partial charge in [-0.2, -0.15) is 57.1 Å². The first kappa shape index (κ1) is 29.7. The third kappa shape index (κ3) is 4.62. The van der Waals surface area contributed by atoms with E-state index in [1.807, 2.05) is 0 Å². The number of rotatable bonds is 7. The average molecular weight is 558 g/mol. The van der Waals surface area contributed by atoms with Gasteiger partial charge in [-0.25, -0.2) is 8.78 Å². The highest BCUT2D eigenvalue weighted by atomic mass is 19.4. The number of hydrogen-bond acceptors (Lipinski definition) is 2. The van der Waals surface area contributed by atoms with Gasteiger partial charge in [-0.15, -0.1) is 0 Å². The number of benzene rings is 1. The predicted octanol–water partition coefficient (Wildman–Crippen LogP) is 5.80. The Bertz CT molecular complexity index is 952. The van der Waals surface area contributed by atoms with Crippen molar-refractivity contribution < 1.29 is 70.7 Å². The highest BCUT2D eigenvalue weighted by molar-refractivity contribution is 5.85.